The predicted octanol–water partition coefficient (Wildman–Crippen LogP) is 3.67. The van der Waals surface area contributed by atoms with Gasteiger partial charge in [0.2, 0.25) is 5.89 Å². The molecule has 0 amide bonds. The largest absolute Gasteiger partial charge is 0.507 e. The van der Waals surface area contributed by atoms with E-state index in [-0.39, 0.29) is 11.8 Å². The molecule has 0 unspecified atom stereocenters. The maximum atomic E-state index is 10.7. The van der Waals surface area contributed by atoms with E-state index in [9.17, 15) is 5.11 Å². The molecule has 3 aromatic rings. The number of nitrogens with one attached hydrogen (secondary N) is 1. The summed E-state index contributed by atoms with van der Waals surface area (Å²) in [6.45, 7) is 7.19. The number of aromatic hydroxyl groups is 1. The number of hydrogen-bond acceptors (Lipinski definition) is 10. The zero-order valence-electron chi connectivity index (χ0n) is 17.3. The Bertz CT molecular complexity index is 1050. The number of rotatable bonds is 8. The van der Waals surface area contributed by atoms with Crippen molar-refractivity contribution in [3.05, 3.63) is 34.7 Å². The molecule has 0 saturated carbocycles. The van der Waals surface area contributed by atoms with E-state index in [4.69, 9.17) is 26.0 Å². The first-order valence-electron chi connectivity index (χ1n) is 9.15. The molecule has 0 aliphatic heterocycles. The van der Waals surface area contributed by atoms with Crippen LogP contribution in [-0.4, -0.2) is 43.2 Å². The molecule has 0 spiro atoms. The Morgan fingerprint density at radius 3 is 2.50 bits per heavy atom. The highest BCUT2D eigenvalue weighted by molar-refractivity contribution is 7.98. The van der Waals surface area contributed by atoms with E-state index in [0.717, 1.165) is 5.56 Å². The van der Waals surface area contributed by atoms with Crippen LogP contribution in [0.1, 0.15) is 41.6 Å². The van der Waals surface area contributed by atoms with E-state index in [2.05, 4.69) is 25.6 Å². The Hall–Kier alpha value is -2.66. The number of ether oxygens (including phenoxy) is 1. The summed E-state index contributed by atoms with van der Waals surface area (Å²) in [6.07, 6.45) is 0. The number of thioether (sulfide) groups is 1. The molecule has 3 rings (SSSR count). The van der Waals surface area contributed by atoms with Crippen molar-refractivity contribution in [2.75, 3.05) is 12.9 Å². The Morgan fingerprint density at radius 1 is 1.23 bits per heavy atom. The van der Waals surface area contributed by atoms with Gasteiger partial charge in [-0.2, -0.15) is 21.7 Å². The number of thiocarbonyl (C=S) groups is 1. The first-order chi connectivity index (χ1) is 14.3. The van der Waals surface area contributed by atoms with Gasteiger partial charge in [-0.3, -0.25) is 0 Å². The fraction of sp³-hybridized carbons (Fsp3) is 0.421. The van der Waals surface area contributed by atoms with Crippen LogP contribution < -0.4 is 10.1 Å². The van der Waals surface area contributed by atoms with Gasteiger partial charge >= 0.3 is 0 Å². The van der Waals surface area contributed by atoms with Gasteiger partial charge in [0, 0.05) is 28.7 Å². The number of phenols is 1. The van der Waals surface area contributed by atoms with Crippen molar-refractivity contribution < 1.29 is 18.9 Å². The van der Waals surface area contributed by atoms with Gasteiger partial charge in [-0.1, -0.05) is 22.5 Å². The first kappa shape index (κ1) is 22.0. The Morgan fingerprint density at radius 2 is 1.93 bits per heavy atom. The van der Waals surface area contributed by atoms with Crippen molar-refractivity contribution in [2.45, 2.75) is 39.5 Å². The average molecular weight is 450 g/mol. The highest BCUT2D eigenvalue weighted by Crippen LogP contribution is 2.40. The van der Waals surface area contributed by atoms with Crippen LogP contribution in [0.5, 0.6) is 11.5 Å². The van der Waals surface area contributed by atoms with Crippen LogP contribution >= 0.6 is 24.0 Å². The zero-order valence-corrected chi connectivity index (χ0v) is 19.0. The van der Waals surface area contributed by atoms with Crippen LogP contribution in [0.4, 0.5) is 0 Å². The van der Waals surface area contributed by atoms with E-state index < -0.39 is 0 Å². The molecule has 0 saturated heterocycles. The SMILES string of the molecule is COc1cc(O)c(CSC[C@H](NC(C)=S)c2nc(C)no2)c(-c2nc(C)no2)c1C. The lowest BCUT2D eigenvalue weighted by Crippen LogP contribution is -2.27. The van der Waals surface area contributed by atoms with E-state index >= 15 is 0 Å². The summed E-state index contributed by atoms with van der Waals surface area (Å²) < 4.78 is 16.1. The lowest BCUT2D eigenvalue weighted by Gasteiger charge is -2.17. The van der Waals surface area contributed by atoms with Crippen molar-refractivity contribution in [2.24, 2.45) is 0 Å². The van der Waals surface area contributed by atoms with Crippen molar-refractivity contribution >= 4 is 29.0 Å². The van der Waals surface area contributed by atoms with Crippen molar-refractivity contribution in [3.63, 3.8) is 0 Å². The zero-order chi connectivity index (χ0) is 21.8. The summed E-state index contributed by atoms with van der Waals surface area (Å²) in [5.74, 6) is 3.58. The minimum atomic E-state index is -0.246. The number of methoxy groups -OCH3 is 1. The molecule has 1 atom stereocenters. The Balaban J connectivity index is 1.86. The third-order valence-corrected chi connectivity index (χ3v) is 5.51. The summed E-state index contributed by atoms with van der Waals surface area (Å²) in [4.78, 5) is 9.26. The summed E-state index contributed by atoms with van der Waals surface area (Å²) >= 11 is 6.76. The van der Waals surface area contributed by atoms with Crippen LogP contribution in [0.25, 0.3) is 11.5 Å². The van der Waals surface area contributed by atoms with Gasteiger partial charge in [0.25, 0.3) is 5.89 Å². The Kier molecular flexibility index (Phi) is 6.93. The van der Waals surface area contributed by atoms with Crippen molar-refractivity contribution in [1.82, 2.24) is 25.6 Å². The quantitative estimate of drug-likeness (QED) is 0.490. The van der Waals surface area contributed by atoms with Crippen molar-refractivity contribution in [1.29, 1.82) is 0 Å². The van der Waals surface area contributed by atoms with Crippen LogP contribution in [0.15, 0.2) is 15.1 Å². The van der Waals surface area contributed by atoms with Gasteiger partial charge in [-0.15, -0.1) is 0 Å². The van der Waals surface area contributed by atoms with Crippen LogP contribution in [-0.2, 0) is 5.75 Å². The molecule has 30 heavy (non-hydrogen) atoms. The molecular formula is C19H23N5O4S2. The molecule has 0 bridgehead atoms. The molecule has 160 valence electrons. The molecular weight excluding hydrogens is 426 g/mol. The number of hydrogen-bond donors (Lipinski definition) is 2. The van der Waals surface area contributed by atoms with Crippen LogP contribution in [0.3, 0.4) is 0 Å². The second kappa shape index (κ2) is 9.43. The van der Waals surface area contributed by atoms with Gasteiger partial charge in [0.15, 0.2) is 11.6 Å². The number of phenolic OH excluding ortho intramolecular Hbond substituents is 1. The number of aromatic nitrogens is 4. The number of aryl methyl sites for hydroxylation is 2. The maximum Gasteiger partial charge on any atom is 0.258 e. The van der Waals surface area contributed by atoms with E-state index in [0.29, 0.717) is 56.8 Å². The lowest BCUT2D eigenvalue weighted by atomic mass is 10.0. The van der Waals surface area contributed by atoms with Gasteiger partial charge in [-0.05, 0) is 27.7 Å². The van der Waals surface area contributed by atoms with Crippen molar-refractivity contribution in [3.8, 4) is 23.0 Å². The molecule has 0 fully saturated rings. The fourth-order valence-corrected chi connectivity index (χ4v) is 4.21. The molecule has 2 aromatic heterocycles. The maximum absolute atomic E-state index is 10.7. The fourth-order valence-electron chi connectivity index (χ4n) is 3.00. The Labute approximate surface area is 183 Å². The molecule has 1 aromatic carbocycles. The van der Waals surface area contributed by atoms with E-state index in [1.165, 1.54) is 0 Å². The van der Waals surface area contributed by atoms with Gasteiger partial charge < -0.3 is 24.2 Å². The second-order valence-corrected chi connectivity index (χ2v) is 8.31. The topological polar surface area (TPSA) is 119 Å². The van der Waals surface area contributed by atoms with E-state index in [1.54, 1.807) is 45.7 Å². The van der Waals surface area contributed by atoms with Gasteiger partial charge in [0.1, 0.15) is 17.5 Å². The first-order valence-corrected chi connectivity index (χ1v) is 10.7. The van der Waals surface area contributed by atoms with E-state index in [1.807, 2.05) is 6.92 Å². The highest BCUT2D eigenvalue weighted by Gasteiger charge is 2.23. The monoisotopic (exact) mass is 449 g/mol. The van der Waals surface area contributed by atoms with Gasteiger partial charge in [0.05, 0.1) is 17.7 Å². The molecule has 0 aliphatic carbocycles. The number of nitrogens with zero attached hydrogens (tertiary/aromatic N) is 4. The highest BCUT2D eigenvalue weighted by atomic mass is 32.2. The normalized spacial score (nSPS) is 12.0. The minimum absolute atomic E-state index is 0.0972. The summed E-state index contributed by atoms with van der Waals surface area (Å²) in [5, 5.41) is 21.6. The summed E-state index contributed by atoms with van der Waals surface area (Å²) in [7, 11) is 1.55. The second-order valence-electron chi connectivity index (χ2n) is 6.67. The average Bonchev–Trinajstić information content (AvgIpc) is 3.31. The third-order valence-electron chi connectivity index (χ3n) is 4.33. The molecule has 0 aliphatic rings. The smallest absolute Gasteiger partial charge is 0.258 e. The lowest BCUT2D eigenvalue weighted by molar-refractivity contribution is 0.352. The molecule has 9 nitrogen and oxygen atoms in total. The molecule has 0 radical (unpaired) electrons. The van der Waals surface area contributed by atoms with Gasteiger partial charge in [-0.25, -0.2) is 0 Å². The molecule has 11 heteroatoms. The predicted molar refractivity (Wildman–Crippen MR) is 117 cm³/mol. The van der Waals surface area contributed by atoms with Crippen LogP contribution in [0, 0.1) is 20.8 Å². The molecule has 2 N–H and O–H groups in total. The standard InChI is InChI=1S/C19H23N5O4S2/c1-9-16(26-5)6-15(25)13(17(9)19-21-11(3)24-28-19)7-30-8-14(22-12(4)29)18-20-10(2)23-27-18/h6,14,25H,7-8H2,1-5H3,(H,22,29)/t14-/m0/s1. The minimum Gasteiger partial charge on any atom is -0.507 e. The molecule has 2 heterocycles. The van der Waals surface area contributed by atoms with Crippen LogP contribution in [0.2, 0.25) is 0 Å². The summed E-state index contributed by atoms with van der Waals surface area (Å²) in [5.41, 5.74) is 2.16. The third kappa shape index (κ3) is 4.90. The number of benzene rings is 1. The summed E-state index contributed by atoms with van der Waals surface area (Å²) in [6, 6.07) is 1.35.